The van der Waals surface area contributed by atoms with Crippen LogP contribution in [0.1, 0.15) is 54.4 Å². The molecule has 0 bridgehead atoms. The molecule has 0 saturated carbocycles. The molecular formula is C18H31Cl2SiZr. The molecule has 0 atom stereocenters. The van der Waals surface area contributed by atoms with Crippen LogP contribution in [0.5, 0.6) is 0 Å². The summed E-state index contributed by atoms with van der Waals surface area (Å²) in [5, 5.41) is 0. The van der Waals surface area contributed by atoms with Gasteiger partial charge in [0.1, 0.15) is 0 Å². The van der Waals surface area contributed by atoms with Crippen molar-refractivity contribution in [3.8, 4) is 0 Å². The van der Waals surface area contributed by atoms with Crippen molar-refractivity contribution in [3.63, 3.8) is 0 Å². The van der Waals surface area contributed by atoms with E-state index in [-0.39, 0.29) is 51.0 Å². The molecule has 0 saturated heterocycles. The van der Waals surface area contributed by atoms with E-state index >= 15 is 0 Å². The standard InChI is InChI=1S/2C8H11.C2H7Si.2ClH.Zr/c2*1-6-4-5-7(2)8(6)3;1-3-2;;;/h2*4H2,1-3H3;3H,1-2H3;2*1H;/q2*-1;;;;+2. The molecule has 22 heavy (non-hydrogen) atoms. The Morgan fingerprint density at radius 2 is 0.909 bits per heavy atom. The average molecular weight is 438 g/mol. The number of rotatable bonds is 0. The Morgan fingerprint density at radius 3 is 0.955 bits per heavy atom. The summed E-state index contributed by atoms with van der Waals surface area (Å²) in [6, 6.07) is 0. The van der Waals surface area contributed by atoms with Gasteiger partial charge in [0.15, 0.2) is 0 Å². The fourth-order valence-electron chi connectivity index (χ4n) is 1.70. The second-order valence-corrected chi connectivity index (χ2v) is 6.50. The normalized spacial score (nSPS) is 15.1. The number of hydrogen-bond acceptors (Lipinski definition) is 0. The molecule has 2 aliphatic rings. The van der Waals surface area contributed by atoms with Crippen molar-refractivity contribution in [1.29, 1.82) is 0 Å². The van der Waals surface area contributed by atoms with Crippen molar-refractivity contribution in [2.45, 2.75) is 67.5 Å². The fraction of sp³-hybridized carbons (Fsp3) is 0.556. The summed E-state index contributed by atoms with van der Waals surface area (Å²) in [6.45, 7) is 17.3. The fourth-order valence-corrected chi connectivity index (χ4v) is 1.70. The molecule has 125 valence electrons. The predicted octanol–water partition coefficient (Wildman–Crippen LogP) is 6.31. The summed E-state index contributed by atoms with van der Waals surface area (Å²) >= 11 is 0. The summed E-state index contributed by atoms with van der Waals surface area (Å²) < 4.78 is 0. The van der Waals surface area contributed by atoms with Gasteiger partial charge in [0.2, 0.25) is 0 Å². The van der Waals surface area contributed by atoms with E-state index in [2.05, 4.69) is 66.8 Å². The zero-order valence-electron chi connectivity index (χ0n) is 15.3. The first-order valence-electron chi connectivity index (χ1n) is 7.07. The topological polar surface area (TPSA) is 0 Å². The summed E-state index contributed by atoms with van der Waals surface area (Å²) in [5.41, 5.74) is 8.49. The van der Waals surface area contributed by atoms with Gasteiger partial charge in [0, 0.05) is 9.52 Å². The van der Waals surface area contributed by atoms with Gasteiger partial charge in [0.05, 0.1) is 0 Å². The first kappa shape index (κ1) is 30.5. The van der Waals surface area contributed by atoms with Crippen molar-refractivity contribution in [3.05, 3.63) is 45.6 Å². The van der Waals surface area contributed by atoms with Gasteiger partial charge in [-0.2, -0.15) is 22.3 Å². The molecule has 2 rings (SSSR count). The van der Waals surface area contributed by atoms with Crippen molar-refractivity contribution in [2.75, 3.05) is 0 Å². The zero-order valence-corrected chi connectivity index (χ0v) is 20.6. The number of allylic oxidation sites excluding steroid dienone is 8. The van der Waals surface area contributed by atoms with Crippen LogP contribution in [-0.4, -0.2) is 9.52 Å². The van der Waals surface area contributed by atoms with Crippen molar-refractivity contribution in [1.82, 2.24) is 0 Å². The molecule has 1 radical (unpaired) electrons. The van der Waals surface area contributed by atoms with Crippen LogP contribution >= 0.6 is 24.8 Å². The Kier molecular flexibility index (Phi) is 22.9. The molecule has 0 aromatic rings. The Morgan fingerprint density at radius 1 is 0.682 bits per heavy atom. The molecule has 0 amide bonds. The molecule has 0 nitrogen and oxygen atoms in total. The van der Waals surface area contributed by atoms with Crippen LogP contribution in [0.3, 0.4) is 0 Å². The Bertz CT molecular complexity index is 381. The van der Waals surface area contributed by atoms with E-state index in [1.165, 1.54) is 33.4 Å². The van der Waals surface area contributed by atoms with Gasteiger partial charge >= 0.3 is 26.2 Å². The van der Waals surface area contributed by atoms with E-state index in [0.29, 0.717) is 0 Å². The van der Waals surface area contributed by atoms with Crippen molar-refractivity contribution >= 4 is 34.3 Å². The Labute approximate surface area is 172 Å². The van der Waals surface area contributed by atoms with Crippen LogP contribution < -0.4 is 0 Å². The molecule has 4 heteroatoms. The minimum atomic E-state index is 0. The van der Waals surface area contributed by atoms with Crippen LogP contribution in [0.2, 0.25) is 13.1 Å². The first-order chi connectivity index (χ1) is 8.84. The van der Waals surface area contributed by atoms with E-state index in [9.17, 15) is 0 Å². The van der Waals surface area contributed by atoms with Crippen molar-refractivity contribution in [2.24, 2.45) is 0 Å². The van der Waals surface area contributed by atoms with Crippen LogP contribution in [0.25, 0.3) is 0 Å². The second-order valence-electron chi connectivity index (χ2n) is 5.35. The molecule has 0 aromatic carbocycles. The summed E-state index contributed by atoms with van der Waals surface area (Å²) in [4.78, 5) is 0. The molecule has 0 aromatic heterocycles. The monoisotopic (exact) mass is 435 g/mol. The molecule has 0 spiro atoms. The van der Waals surface area contributed by atoms with Gasteiger partial charge in [-0.25, -0.2) is 11.1 Å². The van der Waals surface area contributed by atoms with Gasteiger partial charge in [-0.1, -0.05) is 40.8 Å². The third-order valence-electron chi connectivity index (χ3n) is 3.64. The van der Waals surface area contributed by atoms with Gasteiger partial charge in [-0.15, -0.1) is 51.5 Å². The third kappa shape index (κ3) is 11.2. The summed E-state index contributed by atoms with van der Waals surface area (Å²) in [6.07, 6.45) is 8.63. The maximum absolute atomic E-state index is 3.26. The van der Waals surface area contributed by atoms with E-state index in [1.807, 2.05) is 0 Å². The maximum atomic E-state index is 3.26. The molecular weight excluding hydrogens is 406 g/mol. The van der Waals surface area contributed by atoms with Crippen LogP contribution in [0.4, 0.5) is 0 Å². The van der Waals surface area contributed by atoms with Crippen LogP contribution in [0, 0.1) is 12.2 Å². The van der Waals surface area contributed by atoms with Gasteiger partial charge in [0.25, 0.3) is 0 Å². The maximum Gasteiger partial charge on any atom is 2.00 e. The summed E-state index contributed by atoms with van der Waals surface area (Å²) in [5.74, 6) is 0. The van der Waals surface area contributed by atoms with Gasteiger partial charge in [-0.05, 0) is 0 Å². The molecule has 0 N–H and O–H groups in total. The number of halogens is 2. The smallest absolute Gasteiger partial charge is 0.269 e. The molecule has 2 aliphatic carbocycles. The van der Waals surface area contributed by atoms with Crippen LogP contribution in [0.15, 0.2) is 33.4 Å². The summed E-state index contributed by atoms with van der Waals surface area (Å²) in [7, 11) is 0.750. The predicted molar refractivity (Wildman–Crippen MR) is 104 cm³/mol. The first-order valence-corrected chi connectivity index (χ1v) is 9.38. The van der Waals surface area contributed by atoms with E-state index in [1.54, 1.807) is 0 Å². The van der Waals surface area contributed by atoms with Crippen molar-refractivity contribution < 1.29 is 26.2 Å². The SMILES string of the molecule is CC1=[C-]CC(C)=C1C.CC1=[C-]CC(C)=C1C.C[SiH]C.Cl.Cl.[Zr+2]. The number of hydrogen-bond donors (Lipinski definition) is 0. The van der Waals surface area contributed by atoms with E-state index in [4.69, 9.17) is 0 Å². The molecule has 0 heterocycles. The molecule has 0 fully saturated rings. The minimum Gasteiger partial charge on any atom is -0.269 e. The second kappa shape index (κ2) is 16.5. The molecule has 0 aliphatic heterocycles. The average Bonchev–Trinajstić information content (AvgIpc) is 2.82. The Hall–Kier alpha value is 0.640. The Balaban J connectivity index is -0.000000112. The van der Waals surface area contributed by atoms with E-state index < -0.39 is 0 Å². The zero-order chi connectivity index (χ0) is 15.0. The van der Waals surface area contributed by atoms with Gasteiger partial charge in [-0.3, -0.25) is 12.2 Å². The van der Waals surface area contributed by atoms with Crippen LogP contribution in [-0.2, 0) is 26.2 Å². The van der Waals surface area contributed by atoms with E-state index in [0.717, 1.165) is 22.4 Å². The largest absolute Gasteiger partial charge is 2.00 e. The quantitative estimate of drug-likeness (QED) is 0.308. The third-order valence-corrected chi connectivity index (χ3v) is 3.64. The molecule has 0 unspecified atom stereocenters. The van der Waals surface area contributed by atoms with Gasteiger partial charge < -0.3 is 0 Å². The minimum absolute atomic E-state index is 0.